The molecule has 0 aliphatic heterocycles. The summed E-state index contributed by atoms with van der Waals surface area (Å²) in [4.78, 5) is 41.4. The average molecular weight is 600 g/mol. The van der Waals surface area contributed by atoms with Crippen molar-refractivity contribution in [1.29, 1.82) is 0 Å². The maximum absolute atomic E-state index is 13.9. The average Bonchev–Trinajstić information content (AvgIpc) is 2.90. The van der Waals surface area contributed by atoms with Gasteiger partial charge in [-0.1, -0.05) is 42.5 Å². The SMILES string of the molecule is CSCC[C@H](C(=O)NCCCc1ccccc1)N(C)C(=O)[C@H](Cc1ccc(OC(C)(C)C)cc1)NC(=O)OC(C)(C)C. The van der Waals surface area contributed by atoms with Gasteiger partial charge in [0.05, 0.1) is 0 Å². The number of amides is 3. The lowest BCUT2D eigenvalue weighted by atomic mass is 10.0. The van der Waals surface area contributed by atoms with Crippen LogP contribution in [0.1, 0.15) is 65.5 Å². The van der Waals surface area contributed by atoms with Gasteiger partial charge in [0, 0.05) is 20.0 Å². The predicted molar refractivity (Wildman–Crippen MR) is 171 cm³/mol. The third-order valence-corrected chi connectivity index (χ3v) is 6.92. The number of hydrogen-bond acceptors (Lipinski definition) is 6. The van der Waals surface area contributed by atoms with Crippen LogP contribution in [0.25, 0.3) is 0 Å². The fourth-order valence-corrected chi connectivity index (χ4v) is 4.79. The number of aryl methyl sites for hydroxylation is 1. The third kappa shape index (κ3) is 13.2. The Labute approximate surface area is 256 Å². The number of carbonyl (C=O) groups is 3. The molecule has 0 saturated carbocycles. The van der Waals surface area contributed by atoms with Crippen molar-refractivity contribution < 1.29 is 23.9 Å². The fourth-order valence-electron chi connectivity index (χ4n) is 4.33. The maximum Gasteiger partial charge on any atom is 0.408 e. The number of alkyl carbamates (subject to hydrolysis) is 1. The van der Waals surface area contributed by atoms with Gasteiger partial charge in [-0.05, 0) is 96.1 Å². The van der Waals surface area contributed by atoms with Crippen molar-refractivity contribution in [3.63, 3.8) is 0 Å². The number of benzene rings is 2. The Balaban J connectivity index is 2.17. The second kappa shape index (κ2) is 16.4. The number of carbonyl (C=O) groups excluding carboxylic acids is 3. The molecule has 42 heavy (non-hydrogen) atoms. The summed E-state index contributed by atoms with van der Waals surface area (Å²) in [6.45, 7) is 11.7. The highest BCUT2D eigenvalue weighted by Crippen LogP contribution is 2.20. The highest BCUT2D eigenvalue weighted by Gasteiger charge is 2.33. The molecule has 3 amide bonds. The molecule has 0 saturated heterocycles. The molecule has 8 nitrogen and oxygen atoms in total. The van der Waals surface area contributed by atoms with E-state index in [0.717, 1.165) is 18.4 Å². The quantitative estimate of drug-likeness (QED) is 0.273. The first-order valence-corrected chi connectivity index (χ1v) is 15.9. The van der Waals surface area contributed by atoms with Crippen LogP contribution in [0.5, 0.6) is 5.75 Å². The fraction of sp³-hybridized carbons (Fsp3) is 0.545. The summed E-state index contributed by atoms with van der Waals surface area (Å²) >= 11 is 1.62. The number of nitrogens with one attached hydrogen (secondary N) is 2. The van der Waals surface area contributed by atoms with Crippen molar-refractivity contribution in [2.45, 2.75) is 90.5 Å². The van der Waals surface area contributed by atoms with E-state index in [9.17, 15) is 14.4 Å². The first-order valence-electron chi connectivity index (χ1n) is 14.5. The molecule has 0 spiro atoms. The van der Waals surface area contributed by atoms with Gasteiger partial charge in [0.1, 0.15) is 29.0 Å². The van der Waals surface area contributed by atoms with Crippen molar-refractivity contribution in [2.24, 2.45) is 0 Å². The zero-order valence-corrected chi connectivity index (χ0v) is 27.3. The van der Waals surface area contributed by atoms with E-state index in [2.05, 4.69) is 22.8 Å². The van der Waals surface area contributed by atoms with Crippen LogP contribution in [0.4, 0.5) is 4.79 Å². The number of likely N-dealkylation sites (N-methyl/N-ethyl adjacent to an activating group) is 1. The Bertz CT molecular complexity index is 1130. The molecular formula is C33H49N3O5S. The molecule has 2 aromatic rings. The van der Waals surface area contributed by atoms with Crippen LogP contribution < -0.4 is 15.4 Å². The second-order valence-corrected chi connectivity index (χ2v) is 13.4. The summed E-state index contributed by atoms with van der Waals surface area (Å²) < 4.78 is 11.4. The molecule has 232 valence electrons. The number of hydrogen-bond donors (Lipinski definition) is 2. The van der Waals surface area contributed by atoms with Gasteiger partial charge in [-0.2, -0.15) is 11.8 Å². The van der Waals surface area contributed by atoms with Gasteiger partial charge >= 0.3 is 6.09 Å². The monoisotopic (exact) mass is 599 g/mol. The molecule has 0 fully saturated rings. The van der Waals surface area contributed by atoms with E-state index in [-0.39, 0.29) is 23.8 Å². The van der Waals surface area contributed by atoms with Crippen molar-refractivity contribution in [1.82, 2.24) is 15.5 Å². The molecule has 0 unspecified atom stereocenters. The van der Waals surface area contributed by atoms with Crippen LogP contribution >= 0.6 is 11.8 Å². The minimum absolute atomic E-state index is 0.201. The molecule has 2 rings (SSSR count). The number of ether oxygens (including phenoxy) is 2. The van der Waals surface area contributed by atoms with Crippen LogP contribution in [-0.2, 0) is 27.2 Å². The molecular weight excluding hydrogens is 550 g/mol. The first-order chi connectivity index (χ1) is 19.7. The van der Waals surface area contributed by atoms with E-state index in [1.807, 2.05) is 69.5 Å². The summed E-state index contributed by atoms with van der Waals surface area (Å²) in [5, 5.41) is 5.77. The van der Waals surface area contributed by atoms with Gasteiger partial charge in [-0.3, -0.25) is 9.59 Å². The summed E-state index contributed by atoms with van der Waals surface area (Å²) in [7, 11) is 1.63. The summed E-state index contributed by atoms with van der Waals surface area (Å²) in [6, 6.07) is 16.0. The van der Waals surface area contributed by atoms with Crippen molar-refractivity contribution >= 4 is 29.7 Å². The summed E-state index contributed by atoms with van der Waals surface area (Å²) in [5.74, 6) is 0.862. The number of thioether (sulfide) groups is 1. The van der Waals surface area contributed by atoms with Gasteiger partial charge in [0.25, 0.3) is 0 Å². The minimum atomic E-state index is -0.929. The standard InChI is InChI=1S/C33H49N3O5S/c1-32(2,3)40-26-18-16-25(17-19-26)23-27(35-31(39)41-33(4,5)6)30(38)36(7)28(20-22-42-8)29(37)34-21-12-15-24-13-10-9-11-14-24/h9-11,13-14,16-19,27-28H,12,15,20-23H2,1-8H3,(H,34,37)(H,35,39)/t27-,28+/m0/s1. The molecule has 0 radical (unpaired) electrons. The lowest BCUT2D eigenvalue weighted by Gasteiger charge is -2.31. The van der Waals surface area contributed by atoms with E-state index in [1.165, 1.54) is 10.5 Å². The molecule has 2 atom stereocenters. The molecule has 9 heteroatoms. The van der Waals surface area contributed by atoms with E-state index in [0.29, 0.717) is 24.5 Å². The third-order valence-electron chi connectivity index (χ3n) is 6.27. The van der Waals surface area contributed by atoms with Gasteiger partial charge in [-0.15, -0.1) is 0 Å². The smallest absolute Gasteiger partial charge is 0.408 e. The van der Waals surface area contributed by atoms with Crippen LogP contribution in [-0.4, -0.2) is 71.7 Å². The number of rotatable bonds is 14. The Morgan fingerprint density at radius 1 is 0.905 bits per heavy atom. The van der Waals surface area contributed by atoms with E-state index in [1.54, 1.807) is 39.6 Å². The Kier molecular flexibility index (Phi) is 13.7. The Morgan fingerprint density at radius 2 is 1.55 bits per heavy atom. The van der Waals surface area contributed by atoms with Crippen LogP contribution in [0.15, 0.2) is 54.6 Å². The lowest BCUT2D eigenvalue weighted by Crippen LogP contribution is -2.55. The first kappa shape index (κ1) is 35.0. The predicted octanol–water partition coefficient (Wildman–Crippen LogP) is 5.63. The van der Waals surface area contributed by atoms with Crippen molar-refractivity contribution in [3.05, 3.63) is 65.7 Å². The van der Waals surface area contributed by atoms with Gasteiger partial charge in [0.2, 0.25) is 11.8 Å². The largest absolute Gasteiger partial charge is 0.488 e. The molecule has 2 aromatic carbocycles. The summed E-state index contributed by atoms with van der Waals surface area (Å²) in [6.07, 6.45) is 3.65. The molecule has 0 aromatic heterocycles. The molecule has 0 aliphatic rings. The topological polar surface area (TPSA) is 97.0 Å². The molecule has 2 N–H and O–H groups in total. The normalized spacial score (nSPS) is 13.0. The molecule has 0 aliphatic carbocycles. The zero-order valence-electron chi connectivity index (χ0n) is 26.5. The van der Waals surface area contributed by atoms with Gasteiger partial charge in [0.15, 0.2) is 0 Å². The Hall–Kier alpha value is -3.20. The van der Waals surface area contributed by atoms with Gasteiger partial charge < -0.3 is 25.0 Å². The zero-order chi connectivity index (χ0) is 31.3. The highest BCUT2D eigenvalue weighted by molar-refractivity contribution is 7.98. The molecule has 0 heterocycles. The minimum Gasteiger partial charge on any atom is -0.488 e. The number of nitrogens with zero attached hydrogens (tertiary/aromatic N) is 1. The van der Waals surface area contributed by atoms with E-state index < -0.39 is 23.8 Å². The van der Waals surface area contributed by atoms with E-state index in [4.69, 9.17) is 9.47 Å². The van der Waals surface area contributed by atoms with Crippen LogP contribution in [0.3, 0.4) is 0 Å². The highest BCUT2D eigenvalue weighted by atomic mass is 32.2. The van der Waals surface area contributed by atoms with Gasteiger partial charge in [-0.25, -0.2) is 4.79 Å². The van der Waals surface area contributed by atoms with Crippen LogP contribution in [0.2, 0.25) is 0 Å². The second-order valence-electron chi connectivity index (χ2n) is 12.4. The molecule has 0 bridgehead atoms. The Morgan fingerprint density at radius 3 is 2.12 bits per heavy atom. The van der Waals surface area contributed by atoms with Crippen molar-refractivity contribution in [2.75, 3.05) is 25.6 Å². The van der Waals surface area contributed by atoms with E-state index >= 15 is 0 Å². The maximum atomic E-state index is 13.9. The van der Waals surface area contributed by atoms with Crippen LogP contribution in [0, 0.1) is 0 Å². The summed E-state index contributed by atoms with van der Waals surface area (Å²) in [5.41, 5.74) is 0.988. The van der Waals surface area contributed by atoms with Crippen molar-refractivity contribution in [3.8, 4) is 5.75 Å². The lowest BCUT2D eigenvalue weighted by molar-refractivity contribution is -0.140.